The van der Waals surface area contributed by atoms with Crippen molar-refractivity contribution in [2.75, 3.05) is 6.54 Å². The van der Waals surface area contributed by atoms with Gasteiger partial charge in [0.1, 0.15) is 0 Å². The molecule has 0 aliphatic rings. The second-order valence-corrected chi connectivity index (χ2v) is 8.99. The predicted octanol–water partition coefficient (Wildman–Crippen LogP) is 2.95. The molecule has 1 aromatic carbocycles. The van der Waals surface area contributed by atoms with Crippen molar-refractivity contribution in [3.63, 3.8) is 0 Å². The molecule has 0 radical (unpaired) electrons. The van der Waals surface area contributed by atoms with E-state index in [2.05, 4.69) is 4.72 Å². The number of aromatic carboxylic acids is 1. The van der Waals surface area contributed by atoms with Gasteiger partial charge >= 0.3 is 5.97 Å². The fraction of sp³-hybridized carbons (Fsp3) is 0.500. The highest BCUT2D eigenvalue weighted by Crippen LogP contribution is 2.25. The number of carboxylic acids is 1. The van der Waals surface area contributed by atoms with Gasteiger partial charge < -0.3 is 5.11 Å². The van der Waals surface area contributed by atoms with Gasteiger partial charge in [0.05, 0.1) is 10.5 Å². The number of hydrogen-bond acceptors (Lipinski definition) is 3. The van der Waals surface area contributed by atoms with Crippen LogP contribution in [0.4, 0.5) is 0 Å². The SMILES string of the molecule is CC(CNS(=O)(=O)c1ccc(I)c(C(=O)O)c1)C(C)(C)C. The van der Waals surface area contributed by atoms with Gasteiger partial charge in [-0.25, -0.2) is 17.9 Å². The largest absolute Gasteiger partial charge is 0.478 e. The minimum Gasteiger partial charge on any atom is -0.478 e. The Hall–Kier alpha value is -0.670. The van der Waals surface area contributed by atoms with Crippen molar-refractivity contribution in [1.82, 2.24) is 4.72 Å². The molecule has 7 heteroatoms. The average molecular weight is 425 g/mol. The summed E-state index contributed by atoms with van der Waals surface area (Å²) < 4.78 is 27.5. The molecule has 0 saturated heterocycles. The van der Waals surface area contributed by atoms with Crippen molar-refractivity contribution < 1.29 is 18.3 Å². The summed E-state index contributed by atoms with van der Waals surface area (Å²) in [6.45, 7) is 8.40. The Bertz CT molecular complexity index is 635. The molecular weight excluding hydrogens is 405 g/mol. The molecular formula is C14H20INO4S. The van der Waals surface area contributed by atoms with E-state index in [4.69, 9.17) is 5.11 Å². The van der Waals surface area contributed by atoms with Gasteiger partial charge in [-0.05, 0) is 52.1 Å². The van der Waals surface area contributed by atoms with Gasteiger partial charge in [-0.3, -0.25) is 0 Å². The minimum atomic E-state index is -3.71. The summed E-state index contributed by atoms with van der Waals surface area (Å²) >= 11 is 1.87. The number of carbonyl (C=O) groups is 1. The van der Waals surface area contributed by atoms with E-state index in [1.165, 1.54) is 18.2 Å². The third-order valence-corrected chi connectivity index (χ3v) is 5.90. The Morgan fingerprint density at radius 2 is 1.95 bits per heavy atom. The van der Waals surface area contributed by atoms with E-state index < -0.39 is 16.0 Å². The van der Waals surface area contributed by atoms with Gasteiger partial charge in [0.25, 0.3) is 0 Å². The van der Waals surface area contributed by atoms with E-state index in [-0.39, 0.29) is 21.8 Å². The lowest BCUT2D eigenvalue weighted by molar-refractivity contribution is 0.0695. The molecule has 2 N–H and O–H groups in total. The highest BCUT2D eigenvalue weighted by molar-refractivity contribution is 14.1. The van der Waals surface area contributed by atoms with Gasteiger partial charge in [-0.2, -0.15) is 0 Å². The Kier molecular flexibility index (Phi) is 5.79. The number of rotatable bonds is 5. The molecule has 118 valence electrons. The molecule has 0 spiro atoms. The zero-order valence-corrected chi connectivity index (χ0v) is 15.4. The van der Waals surface area contributed by atoms with Crippen LogP contribution in [0, 0.1) is 14.9 Å². The summed E-state index contributed by atoms with van der Waals surface area (Å²) in [7, 11) is -3.71. The van der Waals surface area contributed by atoms with E-state index in [1.807, 2.05) is 50.3 Å². The van der Waals surface area contributed by atoms with E-state index in [0.717, 1.165) is 0 Å². The zero-order chi connectivity index (χ0) is 16.4. The monoisotopic (exact) mass is 425 g/mol. The summed E-state index contributed by atoms with van der Waals surface area (Å²) in [6, 6.07) is 4.10. The molecule has 0 aliphatic carbocycles. The third-order valence-electron chi connectivity index (χ3n) is 3.54. The first-order valence-corrected chi connectivity index (χ1v) is 9.04. The molecule has 0 aliphatic heterocycles. The zero-order valence-electron chi connectivity index (χ0n) is 12.5. The molecule has 0 fully saturated rings. The van der Waals surface area contributed by atoms with Crippen LogP contribution in [0.25, 0.3) is 0 Å². The lowest BCUT2D eigenvalue weighted by Gasteiger charge is -2.27. The Morgan fingerprint density at radius 1 is 1.38 bits per heavy atom. The highest BCUT2D eigenvalue weighted by atomic mass is 127. The smallest absolute Gasteiger partial charge is 0.336 e. The molecule has 0 amide bonds. The maximum Gasteiger partial charge on any atom is 0.336 e. The standard InChI is InChI=1S/C14H20INO4S/c1-9(14(2,3)4)8-16-21(19,20)10-5-6-12(15)11(7-10)13(17)18/h5-7,9,16H,8H2,1-4H3,(H,17,18). The number of benzene rings is 1. The summed E-state index contributed by atoms with van der Waals surface area (Å²) in [5.41, 5.74) is -0.0248. The van der Waals surface area contributed by atoms with Crippen molar-refractivity contribution in [3.05, 3.63) is 27.3 Å². The van der Waals surface area contributed by atoms with Crippen LogP contribution in [0.15, 0.2) is 23.1 Å². The maximum atomic E-state index is 12.2. The topological polar surface area (TPSA) is 83.5 Å². The number of nitrogens with one attached hydrogen (secondary N) is 1. The van der Waals surface area contributed by atoms with Gasteiger partial charge in [-0.1, -0.05) is 27.7 Å². The quantitative estimate of drug-likeness (QED) is 0.711. The summed E-state index contributed by atoms with van der Waals surface area (Å²) in [5.74, 6) is -0.991. The fourth-order valence-corrected chi connectivity index (χ4v) is 3.18. The first-order chi connectivity index (χ1) is 9.45. The van der Waals surface area contributed by atoms with Gasteiger partial charge in [0.15, 0.2) is 0 Å². The van der Waals surface area contributed by atoms with E-state index >= 15 is 0 Å². The normalized spacial score (nSPS) is 14.0. The molecule has 1 rings (SSSR count). The van der Waals surface area contributed by atoms with Crippen molar-refractivity contribution in [1.29, 1.82) is 0 Å². The van der Waals surface area contributed by atoms with Crippen LogP contribution < -0.4 is 4.72 Å². The summed E-state index contributed by atoms with van der Waals surface area (Å²) in [5, 5.41) is 9.06. The fourth-order valence-electron chi connectivity index (χ4n) is 1.46. The van der Waals surface area contributed by atoms with Crippen LogP contribution in [0.3, 0.4) is 0 Å². The van der Waals surface area contributed by atoms with Crippen LogP contribution in [-0.2, 0) is 10.0 Å². The summed E-state index contributed by atoms with van der Waals surface area (Å²) in [4.78, 5) is 11.1. The van der Waals surface area contributed by atoms with Crippen molar-refractivity contribution in [2.24, 2.45) is 11.3 Å². The Labute approximate surface area is 139 Å². The van der Waals surface area contributed by atoms with Gasteiger partial charge in [-0.15, -0.1) is 0 Å². The Morgan fingerprint density at radius 3 is 2.43 bits per heavy atom. The molecule has 0 heterocycles. The molecule has 1 aromatic rings. The lowest BCUT2D eigenvalue weighted by Crippen LogP contribution is -2.33. The van der Waals surface area contributed by atoms with Crippen molar-refractivity contribution in [2.45, 2.75) is 32.6 Å². The number of carboxylic acid groups (broad SMARTS) is 1. The number of sulfonamides is 1. The molecule has 1 atom stereocenters. The van der Waals surface area contributed by atoms with Crippen LogP contribution in [0.1, 0.15) is 38.1 Å². The second kappa shape index (κ2) is 6.62. The third kappa shape index (κ3) is 4.93. The van der Waals surface area contributed by atoms with Crippen LogP contribution >= 0.6 is 22.6 Å². The molecule has 0 aromatic heterocycles. The minimum absolute atomic E-state index is 0.0117. The summed E-state index contributed by atoms with van der Waals surface area (Å²) in [6.07, 6.45) is 0. The molecule has 5 nitrogen and oxygen atoms in total. The van der Waals surface area contributed by atoms with Crippen molar-refractivity contribution >= 4 is 38.6 Å². The van der Waals surface area contributed by atoms with Gasteiger partial charge in [0.2, 0.25) is 10.0 Å². The number of halogens is 1. The first kappa shape index (κ1) is 18.4. The van der Waals surface area contributed by atoms with Gasteiger partial charge in [0, 0.05) is 10.1 Å². The molecule has 1 unspecified atom stereocenters. The van der Waals surface area contributed by atoms with E-state index in [9.17, 15) is 13.2 Å². The average Bonchev–Trinajstić information content (AvgIpc) is 2.34. The van der Waals surface area contributed by atoms with Crippen LogP contribution in [0.5, 0.6) is 0 Å². The highest BCUT2D eigenvalue weighted by Gasteiger charge is 2.23. The second-order valence-electron chi connectivity index (χ2n) is 6.07. The first-order valence-electron chi connectivity index (χ1n) is 6.47. The van der Waals surface area contributed by atoms with E-state index in [1.54, 1.807) is 0 Å². The molecule has 0 saturated carbocycles. The predicted molar refractivity (Wildman–Crippen MR) is 89.9 cm³/mol. The maximum absolute atomic E-state index is 12.2. The van der Waals surface area contributed by atoms with Crippen LogP contribution in [-0.4, -0.2) is 26.0 Å². The van der Waals surface area contributed by atoms with E-state index in [0.29, 0.717) is 10.1 Å². The van der Waals surface area contributed by atoms with Crippen molar-refractivity contribution in [3.8, 4) is 0 Å². The molecule has 21 heavy (non-hydrogen) atoms. The lowest BCUT2D eigenvalue weighted by atomic mass is 9.82. The molecule has 0 bridgehead atoms. The Balaban J connectivity index is 2.99. The van der Waals surface area contributed by atoms with Crippen LogP contribution in [0.2, 0.25) is 0 Å². The number of hydrogen-bond donors (Lipinski definition) is 2.